The third-order valence-electron chi connectivity index (χ3n) is 4.85. The monoisotopic (exact) mass is 424 g/mol. The van der Waals surface area contributed by atoms with Crippen molar-refractivity contribution in [3.05, 3.63) is 72.1 Å². The second kappa shape index (κ2) is 9.29. The Hall–Kier alpha value is -2.57. The minimum atomic E-state index is -0.0667. The summed E-state index contributed by atoms with van der Waals surface area (Å²) in [6.45, 7) is 1.56. The Morgan fingerprint density at radius 3 is 2.72 bits per heavy atom. The second-order valence-electron chi connectivity index (χ2n) is 6.89. The van der Waals surface area contributed by atoms with Crippen molar-refractivity contribution in [1.29, 1.82) is 0 Å². The Kier molecular flexibility index (Phi) is 6.32. The fourth-order valence-electron chi connectivity index (χ4n) is 3.36. The lowest BCUT2D eigenvalue weighted by atomic mass is 9.97. The average molecular weight is 425 g/mol. The number of rotatable bonds is 5. The lowest BCUT2D eigenvalue weighted by Crippen LogP contribution is -2.41. The third kappa shape index (κ3) is 5.08. The standard InChI is InChI=1S/C22H21ClN4OS/c23-19-5-1-2-6-20(19)29-18-9-7-17(8-10-18)26-22(28)16-4-3-13-27(15-16)21-14-24-11-12-25-21/h1-2,5-12,14,16H,3-4,13,15H2,(H,26,28)/t16-/m1/s1. The Morgan fingerprint density at radius 1 is 1.14 bits per heavy atom. The molecule has 1 amide bonds. The van der Waals surface area contributed by atoms with Crippen molar-refractivity contribution >= 4 is 40.8 Å². The first-order chi connectivity index (χ1) is 14.2. The van der Waals surface area contributed by atoms with E-state index in [2.05, 4.69) is 20.2 Å². The van der Waals surface area contributed by atoms with Gasteiger partial charge in [-0.05, 0) is 49.2 Å². The zero-order valence-corrected chi connectivity index (χ0v) is 17.4. The van der Waals surface area contributed by atoms with Crippen molar-refractivity contribution in [3.63, 3.8) is 0 Å². The van der Waals surface area contributed by atoms with Crippen LogP contribution in [0.1, 0.15) is 12.8 Å². The molecular weight excluding hydrogens is 404 g/mol. The van der Waals surface area contributed by atoms with Crippen molar-refractivity contribution in [3.8, 4) is 0 Å². The Bertz CT molecular complexity index is 968. The molecule has 0 radical (unpaired) electrons. The first-order valence-corrected chi connectivity index (χ1v) is 10.7. The number of anilines is 2. The van der Waals surface area contributed by atoms with Crippen LogP contribution in [-0.4, -0.2) is 29.0 Å². The van der Waals surface area contributed by atoms with Crippen molar-refractivity contribution < 1.29 is 4.79 Å². The third-order valence-corrected chi connectivity index (χ3v) is 6.38. The van der Waals surface area contributed by atoms with Gasteiger partial charge in [-0.15, -0.1) is 0 Å². The SMILES string of the molecule is O=C(Nc1ccc(Sc2ccccc2Cl)cc1)[C@@H]1CCCN(c2cnccn2)C1. The lowest BCUT2D eigenvalue weighted by molar-refractivity contribution is -0.120. The molecule has 1 aliphatic heterocycles. The van der Waals surface area contributed by atoms with Gasteiger partial charge in [0.05, 0.1) is 17.1 Å². The summed E-state index contributed by atoms with van der Waals surface area (Å²) in [4.78, 5) is 25.5. The number of nitrogens with zero attached hydrogens (tertiary/aromatic N) is 3. The van der Waals surface area contributed by atoms with Crippen LogP contribution >= 0.6 is 23.4 Å². The summed E-state index contributed by atoms with van der Waals surface area (Å²) in [6.07, 6.45) is 6.92. The van der Waals surface area contributed by atoms with Crippen molar-refractivity contribution in [2.75, 3.05) is 23.3 Å². The molecule has 4 rings (SSSR count). The largest absolute Gasteiger partial charge is 0.355 e. The fraction of sp³-hybridized carbons (Fsp3) is 0.227. The second-order valence-corrected chi connectivity index (χ2v) is 8.42. The number of carbonyl (C=O) groups excluding carboxylic acids is 1. The van der Waals surface area contributed by atoms with Crippen molar-refractivity contribution in [2.24, 2.45) is 5.92 Å². The number of benzene rings is 2. The highest BCUT2D eigenvalue weighted by molar-refractivity contribution is 7.99. The summed E-state index contributed by atoms with van der Waals surface area (Å²) in [7, 11) is 0. The van der Waals surface area contributed by atoms with Gasteiger partial charge in [-0.25, -0.2) is 4.98 Å². The highest BCUT2D eigenvalue weighted by Gasteiger charge is 2.26. The Balaban J connectivity index is 1.36. The van der Waals surface area contributed by atoms with Crippen molar-refractivity contribution in [2.45, 2.75) is 22.6 Å². The number of halogens is 1. The number of hydrogen-bond donors (Lipinski definition) is 1. The number of nitrogens with one attached hydrogen (secondary N) is 1. The van der Waals surface area contributed by atoms with Gasteiger partial charge in [-0.1, -0.05) is 35.5 Å². The van der Waals surface area contributed by atoms with Gasteiger partial charge in [0.25, 0.3) is 0 Å². The van der Waals surface area contributed by atoms with Crippen LogP contribution in [0.5, 0.6) is 0 Å². The maximum absolute atomic E-state index is 12.8. The van der Waals surface area contributed by atoms with Crippen LogP contribution < -0.4 is 10.2 Å². The molecule has 7 heteroatoms. The van der Waals surface area contributed by atoms with Gasteiger partial charge in [-0.2, -0.15) is 0 Å². The molecule has 1 atom stereocenters. The zero-order valence-electron chi connectivity index (χ0n) is 15.8. The van der Waals surface area contributed by atoms with Crippen LogP contribution in [0.15, 0.2) is 76.9 Å². The predicted octanol–water partition coefficient (Wildman–Crippen LogP) is 5.14. The molecule has 0 spiro atoms. The van der Waals surface area contributed by atoms with E-state index in [-0.39, 0.29) is 11.8 Å². The Morgan fingerprint density at radius 2 is 1.97 bits per heavy atom. The first-order valence-electron chi connectivity index (χ1n) is 9.53. The molecule has 2 heterocycles. The minimum Gasteiger partial charge on any atom is -0.355 e. The van der Waals surface area contributed by atoms with E-state index in [4.69, 9.17) is 11.6 Å². The highest BCUT2D eigenvalue weighted by Crippen LogP contribution is 2.33. The van der Waals surface area contributed by atoms with E-state index in [1.807, 2.05) is 48.5 Å². The van der Waals surface area contributed by atoms with Crippen LogP contribution in [-0.2, 0) is 4.79 Å². The van der Waals surface area contributed by atoms with Crippen molar-refractivity contribution in [1.82, 2.24) is 9.97 Å². The number of hydrogen-bond acceptors (Lipinski definition) is 5. The molecule has 29 heavy (non-hydrogen) atoms. The molecule has 0 unspecified atom stereocenters. The molecule has 1 aliphatic rings. The molecule has 1 N–H and O–H groups in total. The molecular formula is C22H21ClN4OS. The van der Waals surface area contributed by atoms with Gasteiger partial charge in [0.15, 0.2) is 0 Å². The number of aromatic nitrogens is 2. The van der Waals surface area contributed by atoms with Crippen LogP contribution in [0, 0.1) is 5.92 Å². The molecule has 5 nitrogen and oxygen atoms in total. The summed E-state index contributed by atoms with van der Waals surface area (Å²) in [5, 5.41) is 3.79. The summed E-state index contributed by atoms with van der Waals surface area (Å²) < 4.78 is 0. The van der Waals surface area contributed by atoms with Gasteiger partial charge < -0.3 is 10.2 Å². The summed E-state index contributed by atoms with van der Waals surface area (Å²) in [5.74, 6) is 0.805. The minimum absolute atomic E-state index is 0.0464. The van der Waals surface area contributed by atoms with E-state index < -0.39 is 0 Å². The highest BCUT2D eigenvalue weighted by atomic mass is 35.5. The number of amides is 1. The van der Waals surface area contributed by atoms with Gasteiger partial charge in [0, 0.05) is 41.0 Å². The predicted molar refractivity (Wildman–Crippen MR) is 118 cm³/mol. The topological polar surface area (TPSA) is 58.1 Å². The molecule has 0 aliphatic carbocycles. The smallest absolute Gasteiger partial charge is 0.229 e. The number of carbonyl (C=O) groups is 1. The molecule has 1 aromatic heterocycles. The van der Waals surface area contributed by atoms with E-state index in [0.29, 0.717) is 6.54 Å². The molecule has 1 fully saturated rings. The lowest BCUT2D eigenvalue weighted by Gasteiger charge is -2.32. The van der Waals surface area contributed by atoms with E-state index in [0.717, 1.165) is 45.7 Å². The van der Waals surface area contributed by atoms with E-state index in [1.165, 1.54) is 0 Å². The molecule has 2 aromatic carbocycles. The zero-order chi connectivity index (χ0) is 20.1. The first kappa shape index (κ1) is 19.7. The van der Waals surface area contributed by atoms with E-state index >= 15 is 0 Å². The average Bonchev–Trinajstić information content (AvgIpc) is 2.77. The van der Waals surface area contributed by atoms with E-state index in [1.54, 1.807) is 30.4 Å². The Labute approximate surface area is 179 Å². The summed E-state index contributed by atoms with van der Waals surface area (Å²) in [5.41, 5.74) is 0.801. The maximum atomic E-state index is 12.8. The maximum Gasteiger partial charge on any atom is 0.229 e. The van der Waals surface area contributed by atoms with Gasteiger partial charge in [-0.3, -0.25) is 9.78 Å². The van der Waals surface area contributed by atoms with Gasteiger partial charge in [0.2, 0.25) is 5.91 Å². The summed E-state index contributed by atoms with van der Waals surface area (Å²) >= 11 is 7.83. The van der Waals surface area contributed by atoms with Crippen LogP contribution in [0.25, 0.3) is 0 Å². The van der Waals surface area contributed by atoms with E-state index in [9.17, 15) is 4.79 Å². The van der Waals surface area contributed by atoms with Crippen LogP contribution in [0.3, 0.4) is 0 Å². The molecule has 0 bridgehead atoms. The van der Waals surface area contributed by atoms with Gasteiger partial charge in [0.1, 0.15) is 5.82 Å². The fourth-order valence-corrected chi connectivity index (χ4v) is 4.45. The molecule has 1 saturated heterocycles. The van der Waals surface area contributed by atoms with Crippen LogP contribution in [0.2, 0.25) is 5.02 Å². The molecule has 3 aromatic rings. The quantitative estimate of drug-likeness (QED) is 0.614. The summed E-state index contributed by atoms with van der Waals surface area (Å²) in [6, 6.07) is 15.6. The molecule has 0 saturated carbocycles. The van der Waals surface area contributed by atoms with Crippen LogP contribution in [0.4, 0.5) is 11.5 Å². The normalized spacial score (nSPS) is 16.4. The number of piperidine rings is 1. The molecule has 148 valence electrons. The van der Waals surface area contributed by atoms with Gasteiger partial charge >= 0.3 is 0 Å².